The third-order valence-electron chi connectivity index (χ3n) is 2.37. The lowest BCUT2D eigenvalue weighted by Gasteiger charge is -2.10. The van der Waals surface area contributed by atoms with E-state index in [0.717, 1.165) is 0 Å². The molecule has 1 aromatic heterocycles. The Morgan fingerprint density at radius 3 is 2.57 bits per heavy atom. The van der Waals surface area contributed by atoms with Crippen molar-refractivity contribution >= 4 is 58.0 Å². The number of anilines is 1. The monoisotopic (exact) mass is 364 g/mol. The van der Waals surface area contributed by atoms with E-state index in [0.29, 0.717) is 16.5 Å². The summed E-state index contributed by atoms with van der Waals surface area (Å²) in [6.07, 6.45) is 1.52. The summed E-state index contributed by atoms with van der Waals surface area (Å²) in [6.45, 7) is -0.248. The minimum atomic E-state index is -0.421. The predicted octanol–water partition coefficient (Wildman–Crippen LogP) is 4.71. The Labute approximate surface area is 140 Å². The van der Waals surface area contributed by atoms with Crippen molar-refractivity contribution in [3.63, 3.8) is 0 Å². The van der Waals surface area contributed by atoms with E-state index in [1.807, 2.05) is 0 Å². The van der Waals surface area contributed by atoms with E-state index in [-0.39, 0.29) is 21.8 Å². The van der Waals surface area contributed by atoms with Gasteiger partial charge in [-0.2, -0.15) is 0 Å². The zero-order valence-electron chi connectivity index (χ0n) is 10.4. The molecule has 1 N–H and O–H groups in total. The summed E-state index contributed by atoms with van der Waals surface area (Å²) in [6, 6.07) is 6.16. The molecule has 0 saturated carbocycles. The van der Waals surface area contributed by atoms with E-state index < -0.39 is 5.91 Å². The second-order valence-corrected chi connectivity index (χ2v) is 5.45. The summed E-state index contributed by atoms with van der Waals surface area (Å²) >= 11 is 23.4. The Morgan fingerprint density at radius 2 is 1.86 bits per heavy atom. The van der Waals surface area contributed by atoms with Crippen LogP contribution in [0.15, 0.2) is 30.5 Å². The van der Waals surface area contributed by atoms with Crippen LogP contribution in [-0.2, 0) is 4.79 Å². The third-order valence-corrected chi connectivity index (χ3v) is 3.69. The van der Waals surface area contributed by atoms with Gasteiger partial charge < -0.3 is 10.1 Å². The van der Waals surface area contributed by atoms with Crippen molar-refractivity contribution in [2.24, 2.45) is 0 Å². The summed E-state index contributed by atoms with van der Waals surface area (Å²) in [5.41, 5.74) is 0.344. The number of pyridine rings is 1. The van der Waals surface area contributed by atoms with E-state index in [4.69, 9.17) is 51.1 Å². The Morgan fingerprint density at radius 1 is 1.14 bits per heavy atom. The number of hydrogen-bond donors (Lipinski definition) is 1. The van der Waals surface area contributed by atoms with Gasteiger partial charge in [-0.15, -0.1) is 0 Å². The third kappa shape index (κ3) is 4.38. The van der Waals surface area contributed by atoms with E-state index >= 15 is 0 Å². The van der Waals surface area contributed by atoms with Gasteiger partial charge in [0.05, 0.1) is 20.8 Å². The van der Waals surface area contributed by atoms with Crippen LogP contribution in [0.25, 0.3) is 0 Å². The van der Waals surface area contributed by atoms with Crippen LogP contribution in [0, 0.1) is 0 Å². The molecule has 0 aliphatic heterocycles. The van der Waals surface area contributed by atoms with Crippen LogP contribution < -0.4 is 10.1 Å². The predicted molar refractivity (Wildman–Crippen MR) is 84.8 cm³/mol. The first-order valence-corrected chi connectivity index (χ1v) is 7.16. The Bertz CT molecular complexity index is 679. The molecule has 2 aromatic rings. The number of benzene rings is 1. The molecule has 0 atom stereocenters. The molecule has 2 rings (SSSR count). The molecule has 8 heteroatoms. The lowest BCUT2D eigenvalue weighted by atomic mass is 10.3. The molecular weight excluding hydrogens is 358 g/mol. The van der Waals surface area contributed by atoms with Gasteiger partial charge >= 0.3 is 0 Å². The number of amides is 1. The molecule has 1 amide bonds. The maximum absolute atomic E-state index is 11.8. The molecular formula is C13H8Cl4N2O2. The zero-order chi connectivity index (χ0) is 15.4. The molecule has 0 saturated heterocycles. The van der Waals surface area contributed by atoms with E-state index in [1.54, 1.807) is 12.1 Å². The van der Waals surface area contributed by atoms with Crippen LogP contribution in [0.1, 0.15) is 0 Å². The van der Waals surface area contributed by atoms with Crippen molar-refractivity contribution < 1.29 is 9.53 Å². The van der Waals surface area contributed by atoms with E-state index in [1.165, 1.54) is 18.3 Å². The molecule has 21 heavy (non-hydrogen) atoms. The number of carbonyl (C=O) groups excluding carboxylic acids is 1. The van der Waals surface area contributed by atoms with Crippen molar-refractivity contribution in [1.82, 2.24) is 4.98 Å². The van der Waals surface area contributed by atoms with Gasteiger partial charge in [0.2, 0.25) is 0 Å². The van der Waals surface area contributed by atoms with Crippen LogP contribution in [0.5, 0.6) is 5.75 Å². The van der Waals surface area contributed by atoms with Gasteiger partial charge in [-0.1, -0.05) is 46.4 Å². The van der Waals surface area contributed by atoms with Crippen molar-refractivity contribution in [2.75, 3.05) is 11.9 Å². The fraction of sp³-hybridized carbons (Fsp3) is 0.0769. The van der Waals surface area contributed by atoms with Crippen LogP contribution in [0.4, 0.5) is 5.69 Å². The molecule has 4 nitrogen and oxygen atoms in total. The highest BCUT2D eigenvalue weighted by atomic mass is 35.5. The standard InChI is InChI=1S/C13H8Cl4N2O2/c14-7-4-9(16)10(5-8(7)15)19-12(20)6-21-11-2-1-3-18-13(11)17/h1-5H,6H2,(H,19,20). The van der Waals surface area contributed by atoms with Gasteiger partial charge in [0.25, 0.3) is 5.91 Å². The second-order valence-electron chi connectivity index (χ2n) is 3.88. The van der Waals surface area contributed by atoms with Gasteiger partial charge in [0.15, 0.2) is 17.5 Å². The molecule has 0 bridgehead atoms. The summed E-state index contributed by atoms with van der Waals surface area (Å²) in [5.74, 6) is -0.107. The van der Waals surface area contributed by atoms with Crippen molar-refractivity contribution in [3.05, 3.63) is 50.7 Å². The normalized spacial score (nSPS) is 10.3. The lowest BCUT2D eigenvalue weighted by molar-refractivity contribution is -0.118. The minimum absolute atomic E-state index is 0.179. The molecule has 110 valence electrons. The summed E-state index contributed by atoms with van der Waals surface area (Å²) in [7, 11) is 0. The molecule has 0 unspecified atom stereocenters. The highest BCUT2D eigenvalue weighted by Crippen LogP contribution is 2.32. The fourth-order valence-electron chi connectivity index (χ4n) is 1.43. The van der Waals surface area contributed by atoms with Gasteiger partial charge in [0.1, 0.15) is 0 Å². The Kier molecular flexibility index (Phi) is 5.53. The lowest BCUT2D eigenvalue weighted by Crippen LogP contribution is -2.20. The van der Waals surface area contributed by atoms with Gasteiger partial charge in [-0.3, -0.25) is 4.79 Å². The smallest absolute Gasteiger partial charge is 0.262 e. The van der Waals surface area contributed by atoms with Crippen LogP contribution in [0.2, 0.25) is 20.2 Å². The number of ether oxygens (including phenoxy) is 1. The van der Waals surface area contributed by atoms with Gasteiger partial charge in [-0.05, 0) is 24.3 Å². The fourth-order valence-corrected chi connectivity index (χ4v) is 2.19. The molecule has 0 aliphatic rings. The van der Waals surface area contributed by atoms with Crippen LogP contribution in [-0.4, -0.2) is 17.5 Å². The SMILES string of the molecule is O=C(COc1cccnc1Cl)Nc1cc(Cl)c(Cl)cc1Cl. The van der Waals surface area contributed by atoms with E-state index in [9.17, 15) is 4.79 Å². The first-order valence-electron chi connectivity index (χ1n) is 5.65. The van der Waals surface area contributed by atoms with Crippen molar-refractivity contribution in [3.8, 4) is 5.75 Å². The largest absolute Gasteiger partial charge is 0.481 e. The number of carbonyl (C=O) groups is 1. The van der Waals surface area contributed by atoms with Crippen molar-refractivity contribution in [1.29, 1.82) is 0 Å². The van der Waals surface area contributed by atoms with Gasteiger partial charge in [-0.25, -0.2) is 4.98 Å². The summed E-state index contributed by atoms with van der Waals surface area (Å²) in [4.78, 5) is 15.6. The summed E-state index contributed by atoms with van der Waals surface area (Å²) in [5, 5.41) is 3.61. The maximum atomic E-state index is 11.8. The number of nitrogens with zero attached hydrogens (tertiary/aromatic N) is 1. The Balaban J connectivity index is 1.99. The molecule has 0 fully saturated rings. The average molecular weight is 366 g/mol. The van der Waals surface area contributed by atoms with E-state index in [2.05, 4.69) is 10.3 Å². The quantitative estimate of drug-likeness (QED) is 0.630. The number of aromatic nitrogens is 1. The number of halogens is 4. The first kappa shape index (κ1) is 16.2. The van der Waals surface area contributed by atoms with Gasteiger partial charge in [0, 0.05) is 6.20 Å². The molecule has 0 aliphatic carbocycles. The molecule has 1 heterocycles. The van der Waals surface area contributed by atoms with Crippen LogP contribution in [0.3, 0.4) is 0 Å². The molecule has 1 aromatic carbocycles. The van der Waals surface area contributed by atoms with Crippen molar-refractivity contribution in [2.45, 2.75) is 0 Å². The first-order chi connectivity index (χ1) is 9.97. The summed E-state index contributed by atoms with van der Waals surface area (Å²) < 4.78 is 5.26. The molecule has 0 radical (unpaired) electrons. The minimum Gasteiger partial charge on any atom is -0.481 e. The number of hydrogen-bond acceptors (Lipinski definition) is 3. The highest BCUT2D eigenvalue weighted by Gasteiger charge is 2.11. The highest BCUT2D eigenvalue weighted by molar-refractivity contribution is 6.44. The molecule has 0 spiro atoms. The zero-order valence-corrected chi connectivity index (χ0v) is 13.4. The number of rotatable bonds is 4. The second kappa shape index (κ2) is 7.18. The Hall–Kier alpha value is -1.20. The topological polar surface area (TPSA) is 51.2 Å². The number of nitrogens with one attached hydrogen (secondary N) is 1. The average Bonchev–Trinajstić information content (AvgIpc) is 2.44. The van der Waals surface area contributed by atoms with Crippen LogP contribution >= 0.6 is 46.4 Å². The maximum Gasteiger partial charge on any atom is 0.262 e.